The summed E-state index contributed by atoms with van der Waals surface area (Å²) in [5.41, 5.74) is 1.90. The molecule has 0 radical (unpaired) electrons. The van der Waals surface area contributed by atoms with Gasteiger partial charge in [0.1, 0.15) is 5.82 Å². The maximum atomic E-state index is 5.94. The van der Waals surface area contributed by atoms with E-state index in [1.165, 1.54) is 0 Å². The highest BCUT2D eigenvalue weighted by Gasteiger charge is 2.06. The van der Waals surface area contributed by atoms with E-state index in [1.54, 1.807) is 6.20 Å². The molecule has 0 amide bonds. The maximum Gasteiger partial charge on any atom is 0.224 e. The Bertz CT molecular complexity index is 722. The number of aromatic nitrogens is 4. The van der Waals surface area contributed by atoms with Gasteiger partial charge in [0.15, 0.2) is 0 Å². The smallest absolute Gasteiger partial charge is 0.224 e. The van der Waals surface area contributed by atoms with E-state index in [0.717, 1.165) is 22.4 Å². The first-order valence-electron chi connectivity index (χ1n) is 5.87. The number of hydrogen-bond donors (Lipinski definition) is 1. The van der Waals surface area contributed by atoms with Crippen LogP contribution >= 0.6 is 11.6 Å². The molecule has 0 aliphatic carbocycles. The standard InChI is InChI=1S/C13H12ClN5/c1-19-9(6-7-16-19)8-15-12-10-4-2-3-5-11(10)17-13(14)18-12/h2-7H,8H2,1H3,(H,15,17,18). The monoisotopic (exact) mass is 273 g/mol. The normalized spacial score (nSPS) is 10.8. The van der Waals surface area contributed by atoms with Gasteiger partial charge in [-0.1, -0.05) is 12.1 Å². The Morgan fingerprint density at radius 2 is 2.05 bits per heavy atom. The van der Waals surface area contributed by atoms with E-state index in [9.17, 15) is 0 Å². The van der Waals surface area contributed by atoms with Crippen LogP contribution in [0.2, 0.25) is 5.28 Å². The molecule has 1 aromatic carbocycles. The minimum Gasteiger partial charge on any atom is -0.364 e. The van der Waals surface area contributed by atoms with Gasteiger partial charge in [0, 0.05) is 18.6 Å². The molecule has 19 heavy (non-hydrogen) atoms. The third-order valence-electron chi connectivity index (χ3n) is 2.94. The van der Waals surface area contributed by atoms with Crippen molar-refractivity contribution >= 4 is 28.3 Å². The Morgan fingerprint density at radius 1 is 1.21 bits per heavy atom. The zero-order valence-corrected chi connectivity index (χ0v) is 11.1. The number of fused-ring (bicyclic) bond motifs is 1. The summed E-state index contributed by atoms with van der Waals surface area (Å²) in [6, 6.07) is 9.72. The van der Waals surface area contributed by atoms with Crippen LogP contribution < -0.4 is 5.32 Å². The summed E-state index contributed by atoms with van der Waals surface area (Å²) >= 11 is 5.94. The topological polar surface area (TPSA) is 55.6 Å². The second-order valence-corrected chi connectivity index (χ2v) is 4.50. The molecule has 6 heteroatoms. The Hall–Kier alpha value is -2.14. The quantitative estimate of drug-likeness (QED) is 0.746. The van der Waals surface area contributed by atoms with Crippen molar-refractivity contribution in [2.24, 2.45) is 7.05 Å². The van der Waals surface area contributed by atoms with Gasteiger partial charge >= 0.3 is 0 Å². The molecular formula is C13H12ClN5. The molecular weight excluding hydrogens is 262 g/mol. The molecule has 0 atom stereocenters. The van der Waals surface area contributed by atoms with Crippen molar-refractivity contribution in [3.63, 3.8) is 0 Å². The molecule has 1 N–H and O–H groups in total. The van der Waals surface area contributed by atoms with E-state index in [2.05, 4.69) is 20.4 Å². The Kier molecular flexibility index (Phi) is 3.05. The van der Waals surface area contributed by atoms with Crippen LogP contribution in [-0.4, -0.2) is 19.7 Å². The van der Waals surface area contributed by atoms with Gasteiger partial charge in [-0.25, -0.2) is 9.97 Å². The molecule has 5 nitrogen and oxygen atoms in total. The molecule has 0 fully saturated rings. The number of nitrogens with zero attached hydrogens (tertiary/aromatic N) is 4. The van der Waals surface area contributed by atoms with Crippen LogP contribution in [0.25, 0.3) is 10.9 Å². The Balaban J connectivity index is 1.94. The van der Waals surface area contributed by atoms with Gasteiger partial charge < -0.3 is 5.32 Å². The average molecular weight is 274 g/mol. The van der Waals surface area contributed by atoms with Crippen LogP contribution in [0.15, 0.2) is 36.5 Å². The number of nitrogens with one attached hydrogen (secondary N) is 1. The zero-order chi connectivity index (χ0) is 13.2. The number of halogens is 1. The molecule has 3 rings (SSSR count). The van der Waals surface area contributed by atoms with Crippen molar-refractivity contribution in [2.75, 3.05) is 5.32 Å². The number of hydrogen-bond acceptors (Lipinski definition) is 4. The lowest BCUT2D eigenvalue weighted by atomic mass is 10.2. The molecule has 96 valence electrons. The van der Waals surface area contributed by atoms with Crippen LogP contribution in [0.3, 0.4) is 0 Å². The van der Waals surface area contributed by atoms with Crippen LogP contribution in [0, 0.1) is 0 Å². The third-order valence-corrected chi connectivity index (χ3v) is 3.10. The fourth-order valence-corrected chi connectivity index (χ4v) is 2.11. The largest absolute Gasteiger partial charge is 0.364 e. The average Bonchev–Trinajstić information content (AvgIpc) is 2.81. The summed E-state index contributed by atoms with van der Waals surface area (Å²) in [5, 5.41) is 8.60. The minimum absolute atomic E-state index is 0.242. The molecule has 3 aromatic rings. The summed E-state index contributed by atoms with van der Waals surface area (Å²) < 4.78 is 1.82. The van der Waals surface area contributed by atoms with Crippen molar-refractivity contribution in [3.05, 3.63) is 47.5 Å². The molecule has 0 unspecified atom stereocenters. The van der Waals surface area contributed by atoms with Gasteiger partial charge in [0.2, 0.25) is 5.28 Å². The van der Waals surface area contributed by atoms with E-state index in [-0.39, 0.29) is 5.28 Å². The summed E-state index contributed by atoms with van der Waals surface area (Å²) in [6.45, 7) is 0.633. The molecule has 0 aliphatic heterocycles. The fraction of sp³-hybridized carbons (Fsp3) is 0.154. The van der Waals surface area contributed by atoms with Gasteiger partial charge in [0.05, 0.1) is 17.8 Å². The highest BCUT2D eigenvalue weighted by molar-refractivity contribution is 6.28. The lowest BCUT2D eigenvalue weighted by Crippen LogP contribution is -2.07. The van der Waals surface area contributed by atoms with E-state index in [0.29, 0.717) is 6.54 Å². The predicted molar refractivity (Wildman–Crippen MR) is 75.1 cm³/mol. The van der Waals surface area contributed by atoms with E-state index >= 15 is 0 Å². The molecule has 0 aliphatic rings. The van der Waals surface area contributed by atoms with E-state index in [4.69, 9.17) is 11.6 Å². The van der Waals surface area contributed by atoms with Gasteiger partial charge in [-0.15, -0.1) is 0 Å². The number of anilines is 1. The lowest BCUT2D eigenvalue weighted by molar-refractivity contribution is 0.720. The van der Waals surface area contributed by atoms with E-state index < -0.39 is 0 Å². The second kappa shape index (κ2) is 4.85. The summed E-state index contributed by atoms with van der Waals surface area (Å²) in [6.07, 6.45) is 1.77. The van der Waals surface area contributed by atoms with Gasteiger partial charge in [-0.2, -0.15) is 5.10 Å². The van der Waals surface area contributed by atoms with Crippen LogP contribution in [0.4, 0.5) is 5.82 Å². The predicted octanol–water partition coefficient (Wildman–Crippen LogP) is 2.63. The van der Waals surface area contributed by atoms with Crippen molar-refractivity contribution in [2.45, 2.75) is 6.54 Å². The molecule has 2 heterocycles. The third kappa shape index (κ3) is 2.37. The summed E-state index contributed by atoms with van der Waals surface area (Å²) in [5.74, 6) is 0.733. The highest BCUT2D eigenvalue weighted by Crippen LogP contribution is 2.22. The Morgan fingerprint density at radius 3 is 2.84 bits per heavy atom. The summed E-state index contributed by atoms with van der Waals surface area (Å²) in [7, 11) is 1.90. The number of aryl methyl sites for hydroxylation is 1. The van der Waals surface area contributed by atoms with Crippen LogP contribution in [0.1, 0.15) is 5.69 Å². The molecule has 0 spiro atoms. The van der Waals surface area contributed by atoms with Gasteiger partial charge in [-0.3, -0.25) is 4.68 Å². The first-order chi connectivity index (χ1) is 9.24. The maximum absolute atomic E-state index is 5.94. The van der Waals surface area contributed by atoms with Crippen molar-refractivity contribution in [3.8, 4) is 0 Å². The number of para-hydroxylation sites is 1. The number of benzene rings is 1. The Labute approximate surface area is 115 Å². The SMILES string of the molecule is Cn1nccc1CNc1nc(Cl)nc2ccccc12. The van der Waals surface area contributed by atoms with Gasteiger partial charge in [0.25, 0.3) is 0 Å². The fourth-order valence-electron chi connectivity index (χ4n) is 1.93. The summed E-state index contributed by atoms with van der Waals surface area (Å²) in [4.78, 5) is 8.44. The van der Waals surface area contributed by atoms with Gasteiger partial charge in [-0.05, 0) is 29.8 Å². The minimum atomic E-state index is 0.242. The first kappa shape index (κ1) is 11.9. The van der Waals surface area contributed by atoms with Crippen LogP contribution in [-0.2, 0) is 13.6 Å². The molecule has 0 bridgehead atoms. The second-order valence-electron chi connectivity index (χ2n) is 4.16. The van der Waals surface area contributed by atoms with Crippen molar-refractivity contribution in [1.29, 1.82) is 0 Å². The zero-order valence-electron chi connectivity index (χ0n) is 10.3. The lowest BCUT2D eigenvalue weighted by Gasteiger charge is -2.09. The van der Waals surface area contributed by atoms with E-state index in [1.807, 2.05) is 42.1 Å². The van der Waals surface area contributed by atoms with Crippen molar-refractivity contribution < 1.29 is 0 Å². The molecule has 0 saturated carbocycles. The first-order valence-corrected chi connectivity index (χ1v) is 6.25. The molecule has 0 saturated heterocycles. The number of rotatable bonds is 3. The molecule has 2 aromatic heterocycles. The van der Waals surface area contributed by atoms with Crippen molar-refractivity contribution in [1.82, 2.24) is 19.7 Å². The van der Waals surface area contributed by atoms with Crippen LogP contribution in [0.5, 0.6) is 0 Å². The highest BCUT2D eigenvalue weighted by atomic mass is 35.5.